The molecule has 8 nitrogen and oxygen atoms in total. The fourth-order valence-electron chi connectivity index (χ4n) is 3.41. The van der Waals surface area contributed by atoms with Crippen LogP contribution in [0, 0.1) is 11.8 Å². The van der Waals surface area contributed by atoms with Gasteiger partial charge < -0.3 is 18.9 Å². The summed E-state index contributed by atoms with van der Waals surface area (Å²) in [7, 11) is 1.39. The van der Waals surface area contributed by atoms with Crippen molar-refractivity contribution in [2.75, 3.05) is 20.5 Å². The van der Waals surface area contributed by atoms with Gasteiger partial charge in [-0.2, -0.15) is 0 Å². The fourth-order valence-corrected chi connectivity index (χ4v) is 3.41. The van der Waals surface area contributed by atoms with Crippen molar-refractivity contribution in [3.8, 4) is 0 Å². The lowest BCUT2D eigenvalue weighted by Gasteiger charge is -2.27. The van der Waals surface area contributed by atoms with Crippen molar-refractivity contribution in [2.24, 2.45) is 11.8 Å². The predicted molar refractivity (Wildman–Crippen MR) is 103 cm³/mol. The van der Waals surface area contributed by atoms with Crippen LogP contribution in [0.15, 0.2) is 12.7 Å². The molecule has 0 saturated heterocycles. The smallest absolute Gasteiger partial charge is 0.333 e. The maximum atomic E-state index is 12.0. The van der Waals surface area contributed by atoms with Gasteiger partial charge in [0.05, 0.1) is 13.7 Å². The van der Waals surface area contributed by atoms with Crippen LogP contribution in [0.25, 0.3) is 0 Å². The van der Waals surface area contributed by atoms with Gasteiger partial charge in [0.2, 0.25) is 6.79 Å². The zero-order valence-corrected chi connectivity index (χ0v) is 17.2. The van der Waals surface area contributed by atoms with Crippen LogP contribution in [0.3, 0.4) is 0 Å². The van der Waals surface area contributed by atoms with Crippen LogP contribution in [-0.2, 0) is 38.1 Å². The number of unbranched alkanes of at least 4 members (excludes halogenated alkanes) is 2. The van der Waals surface area contributed by atoms with Crippen molar-refractivity contribution in [3.63, 3.8) is 0 Å². The van der Waals surface area contributed by atoms with Crippen LogP contribution in [0.1, 0.15) is 64.2 Å². The lowest BCUT2D eigenvalue weighted by atomic mass is 9.78. The predicted octanol–water partition coefficient (Wildman–Crippen LogP) is 3.08. The quantitative estimate of drug-likeness (QED) is 0.149. The van der Waals surface area contributed by atoms with Crippen molar-refractivity contribution >= 4 is 23.9 Å². The van der Waals surface area contributed by atoms with Crippen LogP contribution >= 0.6 is 0 Å². The molecule has 0 amide bonds. The highest BCUT2D eigenvalue weighted by molar-refractivity contribution is 5.81. The molecule has 0 aromatic rings. The minimum Gasteiger partial charge on any atom is -0.469 e. The van der Waals surface area contributed by atoms with Crippen molar-refractivity contribution in [2.45, 2.75) is 64.2 Å². The van der Waals surface area contributed by atoms with Crippen LogP contribution < -0.4 is 0 Å². The SMILES string of the molecule is C=CC(=O)OCOC(=O)CCCCCOC(=O)CC1CCCC(CC(=O)OC)C1. The Balaban J connectivity index is 2.05. The molecular weight excluding hydrogens is 380 g/mol. The summed E-state index contributed by atoms with van der Waals surface area (Å²) in [5.74, 6) is -0.952. The van der Waals surface area contributed by atoms with Gasteiger partial charge >= 0.3 is 23.9 Å². The van der Waals surface area contributed by atoms with Gasteiger partial charge in [-0.1, -0.05) is 13.0 Å². The van der Waals surface area contributed by atoms with Gasteiger partial charge in [-0.3, -0.25) is 14.4 Å². The summed E-state index contributed by atoms with van der Waals surface area (Å²) in [6, 6.07) is 0. The zero-order chi connectivity index (χ0) is 21.5. The number of rotatable bonds is 13. The average Bonchev–Trinajstić information content (AvgIpc) is 2.70. The Morgan fingerprint density at radius 1 is 0.897 bits per heavy atom. The molecule has 1 saturated carbocycles. The summed E-state index contributed by atoms with van der Waals surface area (Å²) < 4.78 is 19.3. The van der Waals surface area contributed by atoms with E-state index in [2.05, 4.69) is 11.3 Å². The Morgan fingerprint density at radius 2 is 1.59 bits per heavy atom. The first-order chi connectivity index (χ1) is 13.9. The molecule has 1 aliphatic rings. The van der Waals surface area contributed by atoms with Gasteiger partial charge in [0, 0.05) is 25.3 Å². The first-order valence-corrected chi connectivity index (χ1v) is 10.1. The van der Waals surface area contributed by atoms with Gasteiger partial charge in [0.25, 0.3) is 0 Å². The minimum atomic E-state index is -0.646. The van der Waals surface area contributed by atoms with E-state index in [1.807, 2.05) is 0 Å². The molecule has 0 aliphatic heterocycles. The Labute approximate surface area is 171 Å². The molecule has 2 atom stereocenters. The second-order valence-corrected chi connectivity index (χ2v) is 7.22. The second kappa shape index (κ2) is 14.6. The summed E-state index contributed by atoms with van der Waals surface area (Å²) in [5, 5.41) is 0. The number of esters is 4. The molecule has 8 heteroatoms. The summed E-state index contributed by atoms with van der Waals surface area (Å²) >= 11 is 0. The molecule has 29 heavy (non-hydrogen) atoms. The molecule has 0 aromatic heterocycles. The molecule has 1 fully saturated rings. The fraction of sp³-hybridized carbons (Fsp3) is 0.714. The van der Waals surface area contributed by atoms with Crippen LogP contribution in [0.2, 0.25) is 0 Å². The highest BCUT2D eigenvalue weighted by Crippen LogP contribution is 2.33. The van der Waals surface area contributed by atoms with Crippen molar-refractivity contribution in [1.29, 1.82) is 0 Å². The maximum absolute atomic E-state index is 12.0. The van der Waals surface area contributed by atoms with E-state index in [1.165, 1.54) is 7.11 Å². The third-order valence-electron chi connectivity index (χ3n) is 4.91. The topological polar surface area (TPSA) is 105 Å². The van der Waals surface area contributed by atoms with Gasteiger partial charge in [-0.25, -0.2) is 4.79 Å². The Hall–Kier alpha value is -2.38. The average molecular weight is 412 g/mol. The lowest BCUT2D eigenvalue weighted by Crippen LogP contribution is -2.22. The number of ether oxygens (including phenoxy) is 4. The number of hydrogen-bond donors (Lipinski definition) is 0. The standard InChI is InChI=1S/C21H32O8/c1-3-18(22)28-15-29-19(23)10-5-4-6-11-27-21(25)14-17-9-7-8-16(12-17)13-20(24)26-2/h3,16-17H,1,4-15H2,2H3. The van der Waals surface area contributed by atoms with Gasteiger partial charge in [-0.15, -0.1) is 0 Å². The van der Waals surface area contributed by atoms with E-state index < -0.39 is 18.7 Å². The molecule has 0 N–H and O–H groups in total. The highest BCUT2D eigenvalue weighted by Gasteiger charge is 2.26. The van der Waals surface area contributed by atoms with Crippen molar-refractivity contribution in [3.05, 3.63) is 12.7 Å². The van der Waals surface area contributed by atoms with E-state index in [9.17, 15) is 19.2 Å². The molecule has 0 bridgehead atoms. The Morgan fingerprint density at radius 3 is 2.24 bits per heavy atom. The molecule has 0 spiro atoms. The van der Waals surface area contributed by atoms with E-state index >= 15 is 0 Å². The van der Waals surface area contributed by atoms with E-state index in [0.29, 0.717) is 32.3 Å². The van der Waals surface area contributed by atoms with Crippen LogP contribution in [0.4, 0.5) is 0 Å². The molecule has 0 aromatic carbocycles. The van der Waals surface area contributed by atoms with E-state index in [1.54, 1.807) is 0 Å². The summed E-state index contributed by atoms with van der Waals surface area (Å²) in [4.78, 5) is 45.6. The van der Waals surface area contributed by atoms with Crippen LogP contribution in [-0.4, -0.2) is 44.4 Å². The first-order valence-electron chi connectivity index (χ1n) is 10.1. The third kappa shape index (κ3) is 11.9. The number of carbonyl (C=O) groups excluding carboxylic acids is 4. The first kappa shape index (κ1) is 24.7. The molecule has 1 rings (SSSR count). The summed E-state index contributed by atoms with van der Waals surface area (Å²) in [6.07, 6.45) is 7.85. The third-order valence-corrected chi connectivity index (χ3v) is 4.91. The minimum absolute atomic E-state index is 0.195. The normalized spacial score (nSPS) is 18.4. The summed E-state index contributed by atoms with van der Waals surface area (Å²) in [6.45, 7) is 3.14. The molecule has 2 unspecified atom stereocenters. The van der Waals surface area contributed by atoms with Crippen LogP contribution in [0.5, 0.6) is 0 Å². The monoisotopic (exact) mass is 412 g/mol. The largest absolute Gasteiger partial charge is 0.469 e. The maximum Gasteiger partial charge on any atom is 0.333 e. The summed E-state index contributed by atoms with van der Waals surface area (Å²) in [5.41, 5.74) is 0. The van der Waals surface area contributed by atoms with E-state index in [4.69, 9.17) is 14.2 Å². The van der Waals surface area contributed by atoms with Crippen molar-refractivity contribution in [1.82, 2.24) is 0 Å². The Kier molecular flexibility index (Phi) is 12.4. The van der Waals surface area contributed by atoms with E-state index in [0.717, 1.165) is 38.2 Å². The Bertz CT molecular complexity index is 557. The zero-order valence-electron chi connectivity index (χ0n) is 17.2. The molecule has 164 valence electrons. The molecular formula is C21H32O8. The van der Waals surface area contributed by atoms with Crippen molar-refractivity contribution < 1.29 is 38.1 Å². The van der Waals surface area contributed by atoms with E-state index in [-0.39, 0.29) is 30.2 Å². The number of carbonyl (C=O) groups is 4. The number of methoxy groups -OCH3 is 1. The van der Waals surface area contributed by atoms with Gasteiger partial charge in [0.1, 0.15) is 0 Å². The molecule has 0 heterocycles. The van der Waals surface area contributed by atoms with Gasteiger partial charge in [-0.05, 0) is 50.4 Å². The number of hydrogen-bond acceptors (Lipinski definition) is 8. The van der Waals surface area contributed by atoms with Gasteiger partial charge in [0.15, 0.2) is 0 Å². The lowest BCUT2D eigenvalue weighted by molar-refractivity contribution is -0.164. The highest BCUT2D eigenvalue weighted by atomic mass is 16.7. The molecule has 1 aliphatic carbocycles. The second-order valence-electron chi connectivity index (χ2n) is 7.22. The molecule has 0 radical (unpaired) electrons.